The lowest BCUT2D eigenvalue weighted by Gasteiger charge is -2.24. The van der Waals surface area contributed by atoms with E-state index in [1.54, 1.807) is 0 Å². The smallest absolute Gasteiger partial charge is 0.192 e. The molecular weight excluding hydrogens is 156 g/mol. The molecule has 1 heterocycles. The molecule has 12 heavy (non-hydrogen) atoms. The standard InChI is InChI=1S/C9H18O3/c1-3-5-9(7-10)11-6-8(4-2)12-9/h8,10H,3-7H2,1-2H3. The molecule has 1 N–H and O–H groups in total. The van der Waals surface area contributed by atoms with Crippen LogP contribution in [-0.2, 0) is 9.47 Å². The highest BCUT2D eigenvalue weighted by atomic mass is 16.8. The highest BCUT2D eigenvalue weighted by Crippen LogP contribution is 2.28. The molecule has 1 saturated heterocycles. The molecule has 2 unspecified atom stereocenters. The van der Waals surface area contributed by atoms with Crippen LogP contribution in [0.2, 0.25) is 0 Å². The van der Waals surface area contributed by atoms with Crippen LogP contribution in [0, 0.1) is 0 Å². The van der Waals surface area contributed by atoms with E-state index in [0.717, 1.165) is 19.3 Å². The summed E-state index contributed by atoms with van der Waals surface area (Å²) in [5.74, 6) is -0.685. The van der Waals surface area contributed by atoms with Crippen LogP contribution in [0.4, 0.5) is 0 Å². The molecule has 1 fully saturated rings. The van der Waals surface area contributed by atoms with E-state index in [1.165, 1.54) is 0 Å². The molecular formula is C9H18O3. The summed E-state index contributed by atoms with van der Waals surface area (Å²) in [6.07, 6.45) is 2.87. The van der Waals surface area contributed by atoms with Gasteiger partial charge in [0.1, 0.15) is 0 Å². The number of hydrogen-bond donors (Lipinski definition) is 1. The van der Waals surface area contributed by atoms with Crippen molar-refractivity contribution in [2.24, 2.45) is 0 Å². The Balaban J connectivity index is 2.47. The molecule has 0 radical (unpaired) electrons. The van der Waals surface area contributed by atoms with Gasteiger partial charge >= 0.3 is 0 Å². The minimum absolute atomic E-state index is 0.0304. The van der Waals surface area contributed by atoms with Crippen LogP contribution in [0.25, 0.3) is 0 Å². The third-order valence-electron chi connectivity index (χ3n) is 2.24. The van der Waals surface area contributed by atoms with Crippen molar-refractivity contribution in [3.8, 4) is 0 Å². The quantitative estimate of drug-likeness (QED) is 0.698. The van der Waals surface area contributed by atoms with E-state index in [4.69, 9.17) is 14.6 Å². The van der Waals surface area contributed by atoms with Crippen molar-refractivity contribution in [2.75, 3.05) is 13.2 Å². The number of ether oxygens (including phenoxy) is 2. The van der Waals surface area contributed by atoms with Crippen LogP contribution in [0.3, 0.4) is 0 Å². The van der Waals surface area contributed by atoms with Gasteiger partial charge in [0.25, 0.3) is 0 Å². The van der Waals surface area contributed by atoms with Gasteiger partial charge in [0.2, 0.25) is 0 Å². The average Bonchev–Trinajstić information content (AvgIpc) is 2.50. The molecule has 0 aliphatic carbocycles. The summed E-state index contributed by atoms with van der Waals surface area (Å²) in [6, 6.07) is 0. The van der Waals surface area contributed by atoms with Gasteiger partial charge in [0.15, 0.2) is 5.79 Å². The number of hydrogen-bond acceptors (Lipinski definition) is 3. The van der Waals surface area contributed by atoms with Crippen molar-refractivity contribution in [1.29, 1.82) is 0 Å². The van der Waals surface area contributed by atoms with E-state index in [1.807, 2.05) is 0 Å². The van der Waals surface area contributed by atoms with Crippen LogP contribution in [-0.4, -0.2) is 30.2 Å². The highest BCUT2D eigenvalue weighted by Gasteiger charge is 2.39. The van der Waals surface area contributed by atoms with Crippen molar-refractivity contribution >= 4 is 0 Å². The zero-order valence-electron chi connectivity index (χ0n) is 7.88. The topological polar surface area (TPSA) is 38.7 Å². The highest BCUT2D eigenvalue weighted by molar-refractivity contribution is 4.77. The fourth-order valence-corrected chi connectivity index (χ4v) is 1.49. The minimum Gasteiger partial charge on any atom is -0.391 e. The summed E-state index contributed by atoms with van der Waals surface area (Å²) >= 11 is 0. The number of aliphatic hydroxyl groups is 1. The van der Waals surface area contributed by atoms with Gasteiger partial charge in [0.05, 0.1) is 19.3 Å². The van der Waals surface area contributed by atoms with Crippen LogP contribution in [0.1, 0.15) is 33.1 Å². The number of rotatable bonds is 4. The maximum absolute atomic E-state index is 9.11. The van der Waals surface area contributed by atoms with Gasteiger partial charge in [-0.05, 0) is 6.42 Å². The maximum Gasteiger partial charge on any atom is 0.192 e. The Morgan fingerprint density at radius 1 is 1.50 bits per heavy atom. The van der Waals surface area contributed by atoms with Gasteiger partial charge in [-0.3, -0.25) is 0 Å². The first-order valence-corrected chi connectivity index (χ1v) is 4.69. The van der Waals surface area contributed by atoms with E-state index in [-0.39, 0.29) is 12.7 Å². The second-order valence-corrected chi connectivity index (χ2v) is 3.28. The Morgan fingerprint density at radius 3 is 2.67 bits per heavy atom. The predicted octanol–water partition coefficient (Wildman–Crippen LogP) is 1.30. The van der Waals surface area contributed by atoms with Crippen molar-refractivity contribution < 1.29 is 14.6 Å². The third-order valence-corrected chi connectivity index (χ3v) is 2.24. The summed E-state index contributed by atoms with van der Waals surface area (Å²) in [6.45, 7) is 4.71. The van der Waals surface area contributed by atoms with Crippen LogP contribution in [0.5, 0.6) is 0 Å². The second-order valence-electron chi connectivity index (χ2n) is 3.28. The largest absolute Gasteiger partial charge is 0.391 e. The molecule has 72 valence electrons. The molecule has 3 heteroatoms. The zero-order chi connectivity index (χ0) is 9.03. The Labute approximate surface area is 73.7 Å². The molecule has 1 rings (SSSR count). The van der Waals surface area contributed by atoms with E-state index in [2.05, 4.69) is 13.8 Å². The van der Waals surface area contributed by atoms with Gasteiger partial charge in [-0.2, -0.15) is 0 Å². The van der Waals surface area contributed by atoms with Crippen molar-refractivity contribution in [3.63, 3.8) is 0 Å². The van der Waals surface area contributed by atoms with Crippen LogP contribution >= 0.6 is 0 Å². The molecule has 0 aromatic heterocycles. The molecule has 0 bridgehead atoms. The Morgan fingerprint density at radius 2 is 2.25 bits per heavy atom. The van der Waals surface area contributed by atoms with E-state index in [9.17, 15) is 0 Å². The predicted molar refractivity (Wildman–Crippen MR) is 45.8 cm³/mol. The molecule has 3 nitrogen and oxygen atoms in total. The van der Waals surface area contributed by atoms with Crippen molar-refractivity contribution in [2.45, 2.75) is 45.0 Å². The molecule has 0 saturated carbocycles. The van der Waals surface area contributed by atoms with Crippen molar-refractivity contribution in [3.05, 3.63) is 0 Å². The Kier molecular flexibility index (Phi) is 3.50. The molecule has 2 atom stereocenters. The summed E-state index contributed by atoms with van der Waals surface area (Å²) in [5.41, 5.74) is 0. The van der Waals surface area contributed by atoms with Gasteiger partial charge in [-0.1, -0.05) is 20.3 Å². The number of aliphatic hydroxyl groups excluding tert-OH is 1. The van der Waals surface area contributed by atoms with Gasteiger partial charge in [-0.15, -0.1) is 0 Å². The third kappa shape index (κ3) is 1.97. The van der Waals surface area contributed by atoms with Crippen molar-refractivity contribution in [1.82, 2.24) is 0 Å². The summed E-state index contributed by atoms with van der Waals surface area (Å²) < 4.78 is 11.1. The van der Waals surface area contributed by atoms with E-state index < -0.39 is 5.79 Å². The second kappa shape index (κ2) is 4.21. The summed E-state index contributed by atoms with van der Waals surface area (Å²) in [7, 11) is 0. The normalized spacial score (nSPS) is 35.8. The van der Waals surface area contributed by atoms with E-state index in [0.29, 0.717) is 6.61 Å². The SMILES string of the molecule is CCCC1(CO)OCC(CC)O1. The van der Waals surface area contributed by atoms with Gasteiger partial charge < -0.3 is 14.6 Å². The molecule has 0 spiro atoms. The van der Waals surface area contributed by atoms with Gasteiger partial charge in [-0.25, -0.2) is 0 Å². The summed E-state index contributed by atoms with van der Waals surface area (Å²) in [4.78, 5) is 0. The maximum atomic E-state index is 9.11. The lowest BCUT2D eigenvalue weighted by Crippen LogP contribution is -2.35. The molecule has 0 aromatic rings. The van der Waals surface area contributed by atoms with Crippen LogP contribution < -0.4 is 0 Å². The monoisotopic (exact) mass is 174 g/mol. The first-order valence-electron chi connectivity index (χ1n) is 4.69. The molecule has 0 amide bonds. The minimum atomic E-state index is -0.685. The first-order chi connectivity index (χ1) is 5.76. The molecule has 1 aliphatic heterocycles. The van der Waals surface area contributed by atoms with E-state index >= 15 is 0 Å². The summed E-state index contributed by atoms with van der Waals surface area (Å²) in [5, 5.41) is 9.11. The Bertz CT molecular complexity index is 138. The Hall–Kier alpha value is -0.120. The van der Waals surface area contributed by atoms with Crippen LogP contribution in [0.15, 0.2) is 0 Å². The average molecular weight is 174 g/mol. The van der Waals surface area contributed by atoms with Gasteiger partial charge in [0, 0.05) is 6.42 Å². The molecule has 0 aromatic carbocycles. The fourth-order valence-electron chi connectivity index (χ4n) is 1.49. The first kappa shape index (κ1) is 9.96. The lowest BCUT2D eigenvalue weighted by molar-refractivity contribution is -0.196. The lowest BCUT2D eigenvalue weighted by atomic mass is 10.1. The molecule has 1 aliphatic rings. The zero-order valence-corrected chi connectivity index (χ0v) is 7.88. The fraction of sp³-hybridized carbons (Fsp3) is 1.00.